The average molecular weight is 267 g/mol. The molecule has 1 aromatic heterocycles. The Labute approximate surface area is 109 Å². The molecule has 0 aliphatic heterocycles. The number of hydrogen-bond acceptors (Lipinski definition) is 5. The topological polar surface area (TPSA) is 58.4 Å². The number of halogens is 1. The predicted octanol–water partition coefficient (Wildman–Crippen LogP) is 1.49. The van der Waals surface area contributed by atoms with E-state index in [2.05, 4.69) is 10.1 Å². The van der Waals surface area contributed by atoms with Crippen LogP contribution in [0.2, 0.25) is 0 Å². The Morgan fingerprint density at radius 3 is 2.47 bits per heavy atom. The molecule has 0 fully saturated rings. The van der Waals surface area contributed by atoms with Crippen molar-refractivity contribution in [3.05, 3.63) is 29.8 Å². The van der Waals surface area contributed by atoms with Crippen LogP contribution in [0.1, 0.15) is 5.56 Å². The van der Waals surface area contributed by atoms with Gasteiger partial charge >= 0.3 is 12.1 Å². The summed E-state index contributed by atoms with van der Waals surface area (Å²) in [7, 11) is 4.53. The Hall–Kier alpha value is -2.31. The summed E-state index contributed by atoms with van der Waals surface area (Å²) in [5.74, 6) is 1.22. The molecule has 0 aliphatic carbocycles. The van der Waals surface area contributed by atoms with E-state index in [9.17, 15) is 4.39 Å². The van der Waals surface area contributed by atoms with Crippen LogP contribution < -0.4 is 14.2 Å². The van der Waals surface area contributed by atoms with E-state index >= 15 is 0 Å². The van der Waals surface area contributed by atoms with Crippen molar-refractivity contribution >= 4 is 0 Å². The van der Waals surface area contributed by atoms with Crippen molar-refractivity contribution in [2.75, 3.05) is 21.3 Å². The number of rotatable bonds is 5. The highest BCUT2D eigenvalue weighted by atomic mass is 19.1. The van der Waals surface area contributed by atoms with Crippen molar-refractivity contribution in [2.24, 2.45) is 0 Å². The monoisotopic (exact) mass is 267 g/mol. The first-order chi connectivity index (χ1) is 9.17. The first-order valence-corrected chi connectivity index (χ1v) is 5.53. The summed E-state index contributed by atoms with van der Waals surface area (Å²) in [6.07, 6.45) is -0.822. The van der Waals surface area contributed by atoms with E-state index < -0.39 is 6.08 Å². The first-order valence-electron chi connectivity index (χ1n) is 5.53. The molecular formula is C12H14FN3O3. The summed E-state index contributed by atoms with van der Waals surface area (Å²) in [5.41, 5.74) is 0.862. The summed E-state index contributed by atoms with van der Waals surface area (Å²) in [4.78, 5) is 3.51. The maximum absolute atomic E-state index is 13.0. The molecule has 1 heterocycles. The molecule has 0 radical (unpaired) electrons. The van der Waals surface area contributed by atoms with Gasteiger partial charge in [0.15, 0.2) is 11.5 Å². The van der Waals surface area contributed by atoms with Crippen LogP contribution in [0.5, 0.6) is 17.5 Å². The third-order valence-electron chi connectivity index (χ3n) is 2.57. The van der Waals surface area contributed by atoms with Gasteiger partial charge in [-0.3, -0.25) is 0 Å². The smallest absolute Gasteiger partial charge is 0.330 e. The molecule has 0 saturated heterocycles. The molecule has 0 unspecified atom stereocenters. The minimum absolute atomic E-state index is 0.118. The molecule has 6 nitrogen and oxygen atoms in total. The van der Waals surface area contributed by atoms with Crippen molar-refractivity contribution in [1.82, 2.24) is 14.8 Å². The standard InChI is InChI=1S/C12H14FN3O3/c1-17-9-5-4-8(6-10(9)18-2)7-16-12(19-3)14-11(13)15-16/h4-6H,7H2,1-3H3. The maximum atomic E-state index is 13.0. The van der Waals surface area contributed by atoms with Gasteiger partial charge in [-0.05, 0) is 17.7 Å². The molecule has 0 spiro atoms. The van der Waals surface area contributed by atoms with Gasteiger partial charge in [-0.2, -0.15) is 4.39 Å². The molecule has 0 N–H and O–H groups in total. The van der Waals surface area contributed by atoms with Crippen LogP contribution in [0.15, 0.2) is 18.2 Å². The SMILES string of the molecule is COc1ccc(Cn2nc(F)nc2OC)cc1OC. The minimum atomic E-state index is -0.822. The number of benzene rings is 1. The highest BCUT2D eigenvalue weighted by Gasteiger charge is 2.11. The Kier molecular flexibility index (Phi) is 3.84. The zero-order valence-electron chi connectivity index (χ0n) is 10.9. The summed E-state index contributed by atoms with van der Waals surface area (Å²) in [6, 6.07) is 5.51. The van der Waals surface area contributed by atoms with Crippen LogP contribution in [0.25, 0.3) is 0 Å². The van der Waals surface area contributed by atoms with E-state index in [1.807, 2.05) is 6.07 Å². The lowest BCUT2D eigenvalue weighted by Gasteiger charge is -2.10. The van der Waals surface area contributed by atoms with Crippen molar-refractivity contribution in [3.63, 3.8) is 0 Å². The lowest BCUT2D eigenvalue weighted by atomic mass is 10.2. The normalized spacial score (nSPS) is 10.3. The van der Waals surface area contributed by atoms with Crippen LogP contribution in [0.4, 0.5) is 4.39 Å². The van der Waals surface area contributed by atoms with E-state index in [4.69, 9.17) is 14.2 Å². The van der Waals surface area contributed by atoms with Gasteiger partial charge < -0.3 is 14.2 Å². The van der Waals surface area contributed by atoms with Crippen molar-refractivity contribution in [3.8, 4) is 17.5 Å². The second-order valence-corrected chi connectivity index (χ2v) is 3.71. The molecule has 0 saturated carbocycles. The summed E-state index contributed by atoms with van der Waals surface area (Å²) >= 11 is 0. The molecule has 1 aromatic carbocycles. The summed E-state index contributed by atoms with van der Waals surface area (Å²) in [5, 5.41) is 3.62. The van der Waals surface area contributed by atoms with Gasteiger partial charge in [-0.15, -0.1) is 10.1 Å². The van der Waals surface area contributed by atoms with Crippen LogP contribution >= 0.6 is 0 Å². The van der Waals surface area contributed by atoms with Crippen molar-refractivity contribution in [2.45, 2.75) is 6.54 Å². The van der Waals surface area contributed by atoms with Gasteiger partial charge in [-0.25, -0.2) is 4.68 Å². The summed E-state index contributed by atoms with van der Waals surface area (Å²) < 4.78 is 29.6. The third kappa shape index (κ3) is 2.75. The molecule has 0 bridgehead atoms. The lowest BCUT2D eigenvalue weighted by Crippen LogP contribution is -2.05. The highest BCUT2D eigenvalue weighted by molar-refractivity contribution is 5.42. The van der Waals surface area contributed by atoms with Gasteiger partial charge in [0.2, 0.25) is 0 Å². The van der Waals surface area contributed by atoms with E-state index in [0.29, 0.717) is 18.0 Å². The van der Waals surface area contributed by atoms with Gasteiger partial charge in [0, 0.05) is 0 Å². The number of methoxy groups -OCH3 is 3. The highest BCUT2D eigenvalue weighted by Crippen LogP contribution is 2.28. The lowest BCUT2D eigenvalue weighted by molar-refractivity contribution is 0.349. The largest absolute Gasteiger partial charge is 0.493 e. The van der Waals surface area contributed by atoms with E-state index in [0.717, 1.165) is 5.56 Å². The quantitative estimate of drug-likeness (QED) is 0.821. The molecule has 19 heavy (non-hydrogen) atoms. The van der Waals surface area contributed by atoms with Crippen LogP contribution in [0, 0.1) is 6.08 Å². The molecule has 2 rings (SSSR count). The zero-order chi connectivity index (χ0) is 13.8. The Morgan fingerprint density at radius 1 is 1.11 bits per heavy atom. The Bertz CT molecular complexity index is 571. The molecule has 102 valence electrons. The van der Waals surface area contributed by atoms with E-state index in [1.165, 1.54) is 11.8 Å². The number of ether oxygens (including phenoxy) is 3. The minimum Gasteiger partial charge on any atom is -0.493 e. The molecule has 0 atom stereocenters. The number of hydrogen-bond donors (Lipinski definition) is 0. The van der Waals surface area contributed by atoms with Crippen molar-refractivity contribution in [1.29, 1.82) is 0 Å². The second kappa shape index (κ2) is 5.55. The molecule has 0 aliphatic rings. The second-order valence-electron chi connectivity index (χ2n) is 3.71. The van der Waals surface area contributed by atoms with E-state index in [-0.39, 0.29) is 6.01 Å². The summed E-state index contributed by atoms with van der Waals surface area (Å²) in [6.45, 7) is 0.320. The molecular weight excluding hydrogens is 253 g/mol. The van der Waals surface area contributed by atoms with Crippen LogP contribution in [0.3, 0.4) is 0 Å². The number of nitrogens with zero attached hydrogens (tertiary/aromatic N) is 3. The predicted molar refractivity (Wildman–Crippen MR) is 65.2 cm³/mol. The number of aromatic nitrogens is 3. The van der Waals surface area contributed by atoms with Gasteiger partial charge in [0.1, 0.15) is 0 Å². The van der Waals surface area contributed by atoms with Crippen molar-refractivity contribution < 1.29 is 18.6 Å². The molecule has 2 aromatic rings. The van der Waals surface area contributed by atoms with E-state index in [1.54, 1.807) is 26.4 Å². The first kappa shape index (κ1) is 13.1. The Morgan fingerprint density at radius 2 is 1.84 bits per heavy atom. The van der Waals surface area contributed by atoms with Gasteiger partial charge in [0.25, 0.3) is 0 Å². The van der Waals surface area contributed by atoms with Crippen LogP contribution in [-0.2, 0) is 6.54 Å². The molecule has 0 amide bonds. The zero-order valence-corrected chi connectivity index (χ0v) is 10.9. The Balaban J connectivity index is 2.27. The fourth-order valence-electron chi connectivity index (χ4n) is 1.71. The average Bonchev–Trinajstić information content (AvgIpc) is 2.78. The molecule has 7 heteroatoms. The third-order valence-corrected chi connectivity index (χ3v) is 2.57. The maximum Gasteiger partial charge on any atom is 0.330 e. The van der Waals surface area contributed by atoms with Gasteiger partial charge in [0.05, 0.1) is 27.9 Å². The van der Waals surface area contributed by atoms with Crippen LogP contribution in [-0.4, -0.2) is 36.1 Å². The fraction of sp³-hybridized carbons (Fsp3) is 0.333. The fourth-order valence-corrected chi connectivity index (χ4v) is 1.71. The van der Waals surface area contributed by atoms with Gasteiger partial charge in [-0.1, -0.05) is 6.07 Å².